The van der Waals surface area contributed by atoms with Gasteiger partial charge in [-0.25, -0.2) is 0 Å². The molecule has 0 aromatic rings. The Morgan fingerprint density at radius 3 is 2.20 bits per heavy atom. The molecular formula is C10H25NO2Si2. The zero-order valence-corrected chi connectivity index (χ0v) is 12.9. The smallest absolute Gasteiger partial charge is 0.388 e. The van der Waals surface area contributed by atoms with Gasteiger partial charge in [0.1, 0.15) is 0 Å². The van der Waals surface area contributed by atoms with E-state index in [1.807, 2.05) is 0 Å². The van der Waals surface area contributed by atoms with Gasteiger partial charge in [-0.3, -0.25) is 4.57 Å². The predicted molar refractivity (Wildman–Crippen MR) is 68.9 cm³/mol. The Morgan fingerprint density at radius 2 is 1.73 bits per heavy atom. The second-order valence-corrected chi connectivity index (χ2v) is 13.0. The fourth-order valence-electron chi connectivity index (χ4n) is 2.50. The Hall–Kier alpha value is 0.314. The first-order valence-electron chi connectivity index (χ1n) is 5.82. The Kier molecular flexibility index (Phi) is 4.98. The van der Waals surface area contributed by atoms with Crippen LogP contribution < -0.4 is 0 Å². The van der Waals surface area contributed by atoms with Gasteiger partial charge in [0.2, 0.25) is 0 Å². The molecule has 0 aromatic carbocycles. The minimum atomic E-state index is -1.56. The zero-order chi connectivity index (χ0) is 11.5. The number of rotatable bonds is 4. The normalized spacial score (nSPS) is 24.8. The van der Waals surface area contributed by atoms with Gasteiger partial charge >= 0.3 is 9.45 Å². The van der Waals surface area contributed by atoms with Crippen LogP contribution in [0, 0.1) is 0 Å². The van der Waals surface area contributed by atoms with Crippen LogP contribution in [0.1, 0.15) is 19.3 Å². The van der Waals surface area contributed by atoms with E-state index in [1.54, 1.807) is 14.2 Å². The van der Waals surface area contributed by atoms with Gasteiger partial charge in [-0.2, -0.15) is 0 Å². The lowest BCUT2D eigenvalue weighted by molar-refractivity contribution is 0.168. The molecule has 90 valence electrons. The largest absolute Gasteiger partial charge is 0.410 e. The maximum atomic E-state index is 5.53. The van der Waals surface area contributed by atoms with E-state index >= 15 is 0 Å². The van der Waals surface area contributed by atoms with Crippen molar-refractivity contribution in [3.8, 4) is 0 Å². The SMILES string of the molecule is CO[SiH](OC)N1CCCCC1[Si](C)(C)C. The molecule has 0 N–H and O–H groups in total. The van der Waals surface area contributed by atoms with Crippen LogP contribution in [0.3, 0.4) is 0 Å². The zero-order valence-electron chi connectivity index (χ0n) is 10.7. The maximum absolute atomic E-state index is 5.53. The molecule has 1 rings (SSSR count). The predicted octanol–water partition coefficient (Wildman–Crippen LogP) is 1.73. The van der Waals surface area contributed by atoms with Gasteiger partial charge in [0.25, 0.3) is 0 Å². The molecule has 15 heavy (non-hydrogen) atoms. The molecular weight excluding hydrogens is 222 g/mol. The Balaban J connectivity index is 2.73. The van der Waals surface area contributed by atoms with E-state index in [9.17, 15) is 0 Å². The highest BCUT2D eigenvalue weighted by atomic mass is 28.3. The highest BCUT2D eigenvalue weighted by Gasteiger charge is 2.38. The summed E-state index contributed by atoms with van der Waals surface area (Å²) in [4.78, 5) is 0. The summed E-state index contributed by atoms with van der Waals surface area (Å²) in [6, 6.07) is 0. The molecule has 0 amide bonds. The van der Waals surface area contributed by atoms with E-state index in [0.717, 1.165) is 5.67 Å². The van der Waals surface area contributed by atoms with Crippen LogP contribution in [-0.2, 0) is 8.85 Å². The topological polar surface area (TPSA) is 21.7 Å². The molecule has 1 fully saturated rings. The van der Waals surface area contributed by atoms with E-state index in [1.165, 1.54) is 25.8 Å². The van der Waals surface area contributed by atoms with Gasteiger partial charge < -0.3 is 8.85 Å². The molecule has 1 aliphatic heterocycles. The first kappa shape index (κ1) is 13.4. The summed E-state index contributed by atoms with van der Waals surface area (Å²) in [5, 5.41) is 0. The monoisotopic (exact) mass is 247 g/mol. The van der Waals surface area contributed by atoms with Crippen LogP contribution in [0.5, 0.6) is 0 Å². The average Bonchev–Trinajstić information content (AvgIpc) is 2.19. The quantitative estimate of drug-likeness (QED) is 0.706. The van der Waals surface area contributed by atoms with Gasteiger partial charge in [-0.15, -0.1) is 0 Å². The van der Waals surface area contributed by atoms with E-state index in [2.05, 4.69) is 24.2 Å². The third kappa shape index (κ3) is 3.39. The van der Waals surface area contributed by atoms with E-state index < -0.39 is 17.5 Å². The van der Waals surface area contributed by atoms with E-state index in [4.69, 9.17) is 8.85 Å². The molecule has 0 spiro atoms. The molecule has 0 aliphatic carbocycles. The molecule has 0 bridgehead atoms. The fourth-order valence-corrected chi connectivity index (χ4v) is 7.97. The molecule has 1 atom stereocenters. The molecule has 1 heterocycles. The summed E-state index contributed by atoms with van der Waals surface area (Å²) >= 11 is 0. The van der Waals surface area contributed by atoms with Gasteiger partial charge in [0.15, 0.2) is 0 Å². The van der Waals surface area contributed by atoms with Crippen LogP contribution in [0.4, 0.5) is 0 Å². The summed E-state index contributed by atoms with van der Waals surface area (Å²) in [5.74, 6) is 0. The van der Waals surface area contributed by atoms with Crippen molar-refractivity contribution in [1.82, 2.24) is 4.57 Å². The van der Waals surface area contributed by atoms with Crippen LogP contribution in [0.15, 0.2) is 0 Å². The average molecular weight is 247 g/mol. The second-order valence-electron chi connectivity index (χ2n) is 5.39. The van der Waals surface area contributed by atoms with Crippen molar-refractivity contribution < 1.29 is 8.85 Å². The maximum Gasteiger partial charge on any atom is 0.410 e. The summed E-state index contributed by atoms with van der Waals surface area (Å²) < 4.78 is 13.6. The van der Waals surface area contributed by atoms with E-state index in [-0.39, 0.29) is 0 Å². The van der Waals surface area contributed by atoms with Crippen LogP contribution in [-0.4, -0.2) is 48.5 Å². The molecule has 5 heteroatoms. The van der Waals surface area contributed by atoms with E-state index in [0.29, 0.717) is 0 Å². The molecule has 1 saturated heterocycles. The number of nitrogens with zero attached hydrogens (tertiary/aromatic N) is 1. The molecule has 0 aromatic heterocycles. The third-order valence-corrected chi connectivity index (χ3v) is 8.10. The first-order valence-corrected chi connectivity index (χ1v) is 10.9. The Bertz CT molecular complexity index is 192. The summed E-state index contributed by atoms with van der Waals surface area (Å²) in [6.45, 7) is 8.53. The van der Waals surface area contributed by atoms with Crippen molar-refractivity contribution in [3.05, 3.63) is 0 Å². The van der Waals surface area contributed by atoms with Crippen molar-refractivity contribution in [2.24, 2.45) is 0 Å². The second kappa shape index (κ2) is 5.59. The van der Waals surface area contributed by atoms with Gasteiger partial charge in [-0.05, 0) is 19.4 Å². The van der Waals surface area contributed by atoms with Gasteiger partial charge in [-0.1, -0.05) is 26.1 Å². The lowest BCUT2D eigenvalue weighted by atomic mass is 10.2. The Morgan fingerprint density at radius 1 is 1.13 bits per heavy atom. The number of hydrogen-bond donors (Lipinski definition) is 0. The van der Waals surface area contributed by atoms with Crippen molar-refractivity contribution in [2.45, 2.75) is 44.6 Å². The highest BCUT2D eigenvalue weighted by Crippen LogP contribution is 2.26. The first-order chi connectivity index (χ1) is 7.00. The molecule has 3 nitrogen and oxygen atoms in total. The molecule has 1 unspecified atom stereocenters. The van der Waals surface area contributed by atoms with Crippen molar-refractivity contribution >= 4 is 17.5 Å². The Labute approximate surface area is 96.7 Å². The fraction of sp³-hybridized carbons (Fsp3) is 1.00. The van der Waals surface area contributed by atoms with Crippen molar-refractivity contribution in [2.75, 3.05) is 20.8 Å². The summed E-state index contributed by atoms with van der Waals surface area (Å²) in [5.41, 5.74) is 0.753. The number of piperidine rings is 1. The summed E-state index contributed by atoms with van der Waals surface area (Å²) in [7, 11) is 0.899. The van der Waals surface area contributed by atoms with Gasteiger partial charge in [0, 0.05) is 19.9 Å². The van der Waals surface area contributed by atoms with Gasteiger partial charge in [0.05, 0.1) is 8.07 Å². The minimum Gasteiger partial charge on any atom is -0.388 e. The van der Waals surface area contributed by atoms with Crippen molar-refractivity contribution in [1.29, 1.82) is 0 Å². The molecule has 0 radical (unpaired) electrons. The lowest BCUT2D eigenvalue weighted by Crippen LogP contribution is -2.60. The highest BCUT2D eigenvalue weighted by molar-refractivity contribution is 6.78. The van der Waals surface area contributed by atoms with Crippen molar-refractivity contribution in [3.63, 3.8) is 0 Å². The van der Waals surface area contributed by atoms with Crippen LogP contribution >= 0.6 is 0 Å². The number of hydrogen-bond acceptors (Lipinski definition) is 3. The standard InChI is InChI=1S/C10H25NO2Si2/c1-12-14(13-2)11-9-7-6-8-10(11)15(3,4)5/h10,14H,6-9H2,1-5H3. The van der Waals surface area contributed by atoms with Crippen LogP contribution in [0.2, 0.25) is 19.6 Å². The third-order valence-electron chi connectivity index (χ3n) is 3.22. The molecule has 1 aliphatic rings. The molecule has 0 saturated carbocycles. The summed E-state index contributed by atoms with van der Waals surface area (Å²) in [6.07, 6.45) is 4.02. The minimum absolute atomic E-state index is 0.753. The van der Waals surface area contributed by atoms with Crippen LogP contribution in [0.25, 0.3) is 0 Å². The lowest BCUT2D eigenvalue weighted by Gasteiger charge is -2.44.